The third kappa shape index (κ3) is 3.21. The minimum absolute atomic E-state index is 0.0321. The molecule has 1 aromatic carbocycles. The third-order valence-corrected chi connectivity index (χ3v) is 3.51. The van der Waals surface area contributed by atoms with Gasteiger partial charge in [-0.15, -0.1) is 11.6 Å². The van der Waals surface area contributed by atoms with Gasteiger partial charge in [-0.05, 0) is 18.2 Å². The molecule has 2 rings (SSSR count). The average molecular weight is 319 g/mol. The Hall–Kier alpha value is -0.580. The molecule has 1 fully saturated rings. The number of halogens is 2. The largest absolute Gasteiger partial charge is 0.373 e. The number of alkyl halides is 1. The summed E-state index contributed by atoms with van der Waals surface area (Å²) in [6, 6.07) is 7.40. The number of nitrogens with zero attached hydrogens (tertiary/aromatic N) is 1. The number of carbonyl (C=O) groups is 1. The van der Waals surface area contributed by atoms with Gasteiger partial charge < -0.3 is 9.64 Å². The minimum atomic E-state index is -0.0541. The van der Waals surface area contributed by atoms with E-state index in [0.29, 0.717) is 31.1 Å². The Bertz CT molecular complexity index is 413. The van der Waals surface area contributed by atoms with Gasteiger partial charge in [-0.2, -0.15) is 0 Å². The van der Waals surface area contributed by atoms with Crippen LogP contribution in [0.25, 0.3) is 0 Å². The second kappa shape index (κ2) is 5.85. The van der Waals surface area contributed by atoms with Gasteiger partial charge in [0.2, 0.25) is 0 Å². The van der Waals surface area contributed by atoms with Crippen molar-refractivity contribution in [2.75, 3.05) is 25.6 Å². The highest BCUT2D eigenvalue weighted by atomic mass is 79.9. The fraction of sp³-hybridized carbons (Fsp3) is 0.417. The second-order valence-electron chi connectivity index (χ2n) is 3.91. The Morgan fingerprint density at radius 1 is 1.59 bits per heavy atom. The van der Waals surface area contributed by atoms with Gasteiger partial charge in [-0.1, -0.05) is 22.0 Å². The predicted molar refractivity (Wildman–Crippen MR) is 70.5 cm³/mol. The molecule has 0 spiro atoms. The lowest BCUT2D eigenvalue weighted by Crippen LogP contribution is -2.46. The zero-order chi connectivity index (χ0) is 12.3. The van der Waals surface area contributed by atoms with Crippen LogP contribution >= 0.6 is 27.5 Å². The van der Waals surface area contributed by atoms with E-state index >= 15 is 0 Å². The third-order valence-electron chi connectivity index (χ3n) is 2.67. The zero-order valence-electron chi connectivity index (χ0n) is 9.23. The van der Waals surface area contributed by atoms with E-state index in [2.05, 4.69) is 15.9 Å². The maximum absolute atomic E-state index is 12.2. The maximum atomic E-state index is 12.2. The summed E-state index contributed by atoms with van der Waals surface area (Å²) in [7, 11) is 0. The molecule has 0 radical (unpaired) electrons. The molecule has 92 valence electrons. The molecule has 0 aromatic heterocycles. The van der Waals surface area contributed by atoms with Crippen molar-refractivity contribution in [3.05, 3.63) is 34.3 Å². The van der Waals surface area contributed by atoms with Gasteiger partial charge in [0.1, 0.15) is 0 Å². The molecule has 1 heterocycles. The highest BCUT2D eigenvalue weighted by molar-refractivity contribution is 9.10. The van der Waals surface area contributed by atoms with Crippen molar-refractivity contribution in [1.82, 2.24) is 4.90 Å². The number of amides is 1. The molecule has 1 unspecified atom stereocenters. The molecule has 3 nitrogen and oxygen atoms in total. The van der Waals surface area contributed by atoms with Gasteiger partial charge >= 0.3 is 0 Å². The number of benzene rings is 1. The standard InChI is InChI=1S/C12H13BrClNO2/c13-10-3-1-2-9(6-10)12(16)15-4-5-17-11(7-14)8-15/h1-3,6,11H,4-5,7-8H2. The smallest absolute Gasteiger partial charge is 0.254 e. The Labute approximate surface area is 114 Å². The zero-order valence-corrected chi connectivity index (χ0v) is 11.6. The Kier molecular flexibility index (Phi) is 4.42. The molecule has 5 heteroatoms. The van der Waals surface area contributed by atoms with Crippen LogP contribution in [0.2, 0.25) is 0 Å². The van der Waals surface area contributed by atoms with Gasteiger partial charge in [0.25, 0.3) is 5.91 Å². The molecule has 0 bridgehead atoms. The SMILES string of the molecule is O=C(c1cccc(Br)c1)N1CCOC(CCl)C1. The fourth-order valence-corrected chi connectivity index (χ4v) is 2.39. The first-order valence-corrected chi connectivity index (χ1v) is 6.76. The van der Waals surface area contributed by atoms with Gasteiger partial charge in [0, 0.05) is 23.1 Å². The van der Waals surface area contributed by atoms with Crippen molar-refractivity contribution < 1.29 is 9.53 Å². The van der Waals surface area contributed by atoms with Crippen LogP contribution in [0, 0.1) is 0 Å². The van der Waals surface area contributed by atoms with Crippen molar-refractivity contribution in [2.45, 2.75) is 6.10 Å². The molecule has 1 aromatic rings. The summed E-state index contributed by atoms with van der Waals surface area (Å²) in [4.78, 5) is 14.0. The van der Waals surface area contributed by atoms with E-state index in [-0.39, 0.29) is 12.0 Å². The van der Waals surface area contributed by atoms with E-state index in [9.17, 15) is 4.79 Å². The normalized spacial score (nSPS) is 20.4. The summed E-state index contributed by atoms with van der Waals surface area (Å²) in [6.45, 7) is 1.74. The summed E-state index contributed by atoms with van der Waals surface area (Å²) in [5.74, 6) is 0.451. The van der Waals surface area contributed by atoms with E-state index in [0.717, 1.165) is 4.47 Å². The first-order valence-electron chi connectivity index (χ1n) is 5.43. The van der Waals surface area contributed by atoms with Gasteiger partial charge in [-0.3, -0.25) is 4.79 Å². The molecular formula is C12H13BrClNO2. The van der Waals surface area contributed by atoms with Gasteiger partial charge in [0.15, 0.2) is 0 Å². The topological polar surface area (TPSA) is 29.5 Å². The van der Waals surface area contributed by atoms with E-state index in [1.807, 2.05) is 24.3 Å². The predicted octanol–water partition coefficient (Wildman–Crippen LogP) is 2.53. The summed E-state index contributed by atoms with van der Waals surface area (Å²) < 4.78 is 6.34. The number of rotatable bonds is 2. The summed E-state index contributed by atoms with van der Waals surface area (Å²) in [6.07, 6.45) is -0.0541. The molecule has 1 aliphatic heterocycles. The molecule has 0 N–H and O–H groups in total. The molecule has 0 saturated carbocycles. The van der Waals surface area contributed by atoms with E-state index in [1.54, 1.807) is 4.90 Å². The average Bonchev–Trinajstić information content (AvgIpc) is 2.38. The van der Waals surface area contributed by atoms with Crippen LogP contribution in [0.4, 0.5) is 0 Å². The van der Waals surface area contributed by atoms with Crippen molar-refractivity contribution in [3.8, 4) is 0 Å². The fourth-order valence-electron chi connectivity index (χ4n) is 1.80. The maximum Gasteiger partial charge on any atom is 0.254 e. The van der Waals surface area contributed by atoms with Crippen LogP contribution in [0.3, 0.4) is 0 Å². The molecule has 1 saturated heterocycles. The minimum Gasteiger partial charge on any atom is -0.373 e. The number of ether oxygens (including phenoxy) is 1. The molecule has 1 aliphatic rings. The molecule has 1 amide bonds. The summed E-state index contributed by atoms with van der Waals surface area (Å²) >= 11 is 9.11. The van der Waals surface area contributed by atoms with Crippen LogP contribution in [-0.4, -0.2) is 42.5 Å². The van der Waals surface area contributed by atoms with Crippen molar-refractivity contribution in [2.24, 2.45) is 0 Å². The van der Waals surface area contributed by atoms with Crippen LogP contribution < -0.4 is 0 Å². The van der Waals surface area contributed by atoms with E-state index < -0.39 is 0 Å². The van der Waals surface area contributed by atoms with Crippen molar-refractivity contribution >= 4 is 33.4 Å². The van der Waals surface area contributed by atoms with E-state index in [1.165, 1.54) is 0 Å². The Morgan fingerprint density at radius 3 is 3.12 bits per heavy atom. The van der Waals surface area contributed by atoms with Crippen molar-refractivity contribution in [3.63, 3.8) is 0 Å². The second-order valence-corrected chi connectivity index (χ2v) is 5.13. The molecule has 17 heavy (non-hydrogen) atoms. The lowest BCUT2D eigenvalue weighted by atomic mass is 10.2. The summed E-state index contributed by atoms with van der Waals surface area (Å²) in [5, 5.41) is 0. The summed E-state index contributed by atoms with van der Waals surface area (Å²) in [5.41, 5.74) is 0.689. The van der Waals surface area contributed by atoms with Crippen LogP contribution in [0.15, 0.2) is 28.7 Å². The van der Waals surface area contributed by atoms with Gasteiger partial charge in [-0.25, -0.2) is 0 Å². The highest BCUT2D eigenvalue weighted by Gasteiger charge is 2.24. The van der Waals surface area contributed by atoms with Crippen molar-refractivity contribution in [1.29, 1.82) is 0 Å². The monoisotopic (exact) mass is 317 g/mol. The highest BCUT2D eigenvalue weighted by Crippen LogP contribution is 2.15. The van der Waals surface area contributed by atoms with E-state index in [4.69, 9.17) is 16.3 Å². The molecular weight excluding hydrogens is 305 g/mol. The lowest BCUT2D eigenvalue weighted by Gasteiger charge is -2.32. The quantitative estimate of drug-likeness (QED) is 0.784. The first kappa shape index (κ1) is 12.9. The number of morpholine rings is 1. The first-order chi connectivity index (χ1) is 8.20. The van der Waals surface area contributed by atoms with Crippen LogP contribution in [0.1, 0.15) is 10.4 Å². The number of hydrogen-bond donors (Lipinski definition) is 0. The molecule has 1 atom stereocenters. The Balaban J connectivity index is 2.09. The number of hydrogen-bond acceptors (Lipinski definition) is 2. The lowest BCUT2D eigenvalue weighted by molar-refractivity contribution is -0.0108. The molecule has 0 aliphatic carbocycles. The Morgan fingerprint density at radius 2 is 2.41 bits per heavy atom. The van der Waals surface area contributed by atoms with Crippen LogP contribution in [-0.2, 0) is 4.74 Å². The number of carbonyl (C=O) groups excluding carboxylic acids is 1. The van der Waals surface area contributed by atoms with Crippen LogP contribution in [0.5, 0.6) is 0 Å². The van der Waals surface area contributed by atoms with Gasteiger partial charge in [0.05, 0.1) is 18.6 Å².